The van der Waals surface area contributed by atoms with Gasteiger partial charge in [-0.05, 0) is 103 Å². The van der Waals surface area contributed by atoms with Crippen molar-refractivity contribution in [2.24, 2.45) is 11.3 Å². The second kappa shape index (κ2) is 10.2. The smallest absolute Gasteiger partial charge is 0.132 e. The summed E-state index contributed by atoms with van der Waals surface area (Å²) in [6.45, 7) is 8.74. The molecule has 0 heterocycles. The Labute approximate surface area is 226 Å². The molecule has 0 aliphatic heterocycles. The molecule has 0 N–H and O–H groups in total. The number of allylic oxidation sites excluding steroid dienone is 6. The minimum Gasteiger partial charge on any atom is -0.311 e. The van der Waals surface area contributed by atoms with Gasteiger partial charge in [0.05, 0.1) is 0 Å². The molecule has 0 saturated heterocycles. The van der Waals surface area contributed by atoms with E-state index in [1.165, 1.54) is 27.8 Å². The first-order chi connectivity index (χ1) is 18.3. The Morgan fingerprint density at radius 3 is 1.76 bits per heavy atom. The first-order valence-corrected chi connectivity index (χ1v) is 13.3. The van der Waals surface area contributed by atoms with Crippen LogP contribution in [0.25, 0.3) is 5.57 Å². The summed E-state index contributed by atoms with van der Waals surface area (Å²) >= 11 is 0. The molecule has 3 nitrogen and oxygen atoms in total. The number of nitriles is 2. The maximum atomic E-state index is 9.46. The molecule has 0 fully saturated rings. The highest BCUT2D eigenvalue weighted by Crippen LogP contribution is 2.50. The Bertz CT molecular complexity index is 1460. The topological polar surface area (TPSA) is 50.8 Å². The van der Waals surface area contributed by atoms with Gasteiger partial charge in [0.25, 0.3) is 0 Å². The second-order valence-corrected chi connectivity index (χ2v) is 11.2. The highest BCUT2D eigenvalue weighted by Gasteiger charge is 2.38. The fourth-order valence-corrected chi connectivity index (χ4v) is 5.91. The summed E-state index contributed by atoms with van der Waals surface area (Å²) in [4.78, 5) is 2.29. The largest absolute Gasteiger partial charge is 0.311 e. The zero-order valence-corrected chi connectivity index (χ0v) is 22.6. The Hall–Kier alpha value is -4.34. The van der Waals surface area contributed by atoms with Gasteiger partial charge in [0.2, 0.25) is 0 Å². The van der Waals surface area contributed by atoms with E-state index < -0.39 is 0 Å². The van der Waals surface area contributed by atoms with Crippen LogP contribution in [0.3, 0.4) is 0 Å². The van der Waals surface area contributed by atoms with E-state index in [0.29, 0.717) is 5.92 Å². The second-order valence-electron chi connectivity index (χ2n) is 11.2. The molecule has 1 unspecified atom stereocenters. The minimum absolute atomic E-state index is 0.0207. The van der Waals surface area contributed by atoms with E-state index >= 15 is 0 Å². The third kappa shape index (κ3) is 4.93. The molecule has 3 aromatic carbocycles. The van der Waals surface area contributed by atoms with Crippen molar-refractivity contribution in [1.82, 2.24) is 0 Å². The lowest BCUT2D eigenvalue weighted by atomic mass is 9.62. The van der Waals surface area contributed by atoms with Crippen molar-refractivity contribution >= 4 is 22.6 Å². The lowest BCUT2D eigenvalue weighted by Gasteiger charge is -2.42. The van der Waals surface area contributed by atoms with Crippen molar-refractivity contribution in [2.75, 3.05) is 4.90 Å². The average Bonchev–Trinajstić information content (AvgIpc) is 2.91. The average molecular weight is 496 g/mol. The molecule has 0 amide bonds. The van der Waals surface area contributed by atoms with Gasteiger partial charge in [0.15, 0.2) is 0 Å². The monoisotopic (exact) mass is 495 g/mol. The van der Waals surface area contributed by atoms with Gasteiger partial charge in [-0.1, -0.05) is 73.5 Å². The molecule has 3 aromatic rings. The summed E-state index contributed by atoms with van der Waals surface area (Å²) in [5.41, 5.74) is 10.8. The fourth-order valence-electron chi connectivity index (χ4n) is 5.91. The Balaban J connectivity index is 1.51. The lowest BCUT2D eigenvalue weighted by molar-refractivity contribution is 0.227. The van der Waals surface area contributed by atoms with Crippen molar-refractivity contribution in [3.63, 3.8) is 0 Å². The third-order valence-electron chi connectivity index (χ3n) is 8.00. The van der Waals surface area contributed by atoms with Gasteiger partial charge < -0.3 is 4.90 Å². The minimum atomic E-state index is 0.0207. The predicted molar refractivity (Wildman–Crippen MR) is 156 cm³/mol. The Morgan fingerprint density at radius 1 is 0.763 bits per heavy atom. The van der Waals surface area contributed by atoms with Crippen molar-refractivity contribution in [1.29, 1.82) is 10.5 Å². The van der Waals surface area contributed by atoms with E-state index in [1.807, 2.05) is 0 Å². The summed E-state index contributed by atoms with van der Waals surface area (Å²) in [6.07, 6.45) is 7.26. The summed E-state index contributed by atoms with van der Waals surface area (Å²) in [7, 11) is 0. The predicted octanol–water partition coefficient (Wildman–Crippen LogP) is 9.27. The van der Waals surface area contributed by atoms with Crippen LogP contribution >= 0.6 is 0 Å². The molecule has 1 atom stereocenters. The molecule has 38 heavy (non-hydrogen) atoms. The van der Waals surface area contributed by atoms with Crippen molar-refractivity contribution < 1.29 is 0 Å². The number of anilines is 3. The van der Waals surface area contributed by atoms with E-state index in [9.17, 15) is 10.5 Å². The molecule has 0 saturated carbocycles. The van der Waals surface area contributed by atoms with Gasteiger partial charge in [-0.2, -0.15) is 10.5 Å². The van der Waals surface area contributed by atoms with E-state index in [1.54, 1.807) is 0 Å². The van der Waals surface area contributed by atoms with Crippen LogP contribution in [-0.2, 0) is 0 Å². The highest BCUT2D eigenvalue weighted by atomic mass is 15.1. The Morgan fingerprint density at radius 2 is 1.26 bits per heavy atom. The summed E-state index contributed by atoms with van der Waals surface area (Å²) in [5, 5.41) is 18.9. The Kier molecular flexibility index (Phi) is 6.79. The van der Waals surface area contributed by atoms with Gasteiger partial charge in [0.1, 0.15) is 17.7 Å². The van der Waals surface area contributed by atoms with E-state index in [2.05, 4.69) is 130 Å². The van der Waals surface area contributed by atoms with Crippen molar-refractivity contribution in [3.8, 4) is 12.1 Å². The number of rotatable bonds is 4. The quantitative estimate of drug-likeness (QED) is 0.339. The summed E-state index contributed by atoms with van der Waals surface area (Å²) in [6, 6.07) is 30.3. The van der Waals surface area contributed by atoms with Crippen molar-refractivity contribution in [3.05, 3.63) is 118 Å². The molecule has 0 radical (unpaired) electrons. The standard InChI is InChI=1S/C35H33N3/c1-24-5-12-31(13-6-24)38(32-14-7-25(2)8-15-32)33-16-9-26(10-17-33)27-11-18-34-28(19-27)20-29(21-35(34,3)4)30(22-36)23-37/h5-10,12-17,19-20,34H,11,18,21H2,1-4H3. The first kappa shape index (κ1) is 25.3. The number of fused-ring (bicyclic) bond motifs is 1. The highest BCUT2D eigenvalue weighted by molar-refractivity contribution is 5.79. The van der Waals surface area contributed by atoms with E-state index in [-0.39, 0.29) is 11.0 Å². The van der Waals surface area contributed by atoms with Crippen LogP contribution in [0.2, 0.25) is 0 Å². The van der Waals surface area contributed by atoms with Gasteiger partial charge in [-0.3, -0.25) is 0 Å². The normalized spacial score (nSPS) is 17.8. The molecule has 2 aliphatic rings. The molecule has 0 bridgehead atoms. The molecule has 2 aliphatic carbocycles. The SMILES string of the molecule is Cc1ccc(N(c2ccc(C)cc2)c2ccc(C3=CC4=CC(=C(C#N)C#N)CC(C)(C)C4CC3)cc2)cc1. The number of aryl methyl sites for hydroxylation is 2. The summed E-state index contributed by atoms with van der Waals surface area (Å²) < 4.78 is 0. The summed E-state index contributed by atoms with van der Waals surface area (Å²) in [5.74, 6) is 0.437. The van der Waals surface area contributed by atoms with Crippen molar-refractivity contribution in [2.45, 2.75) is 47.0 Å². The van der Waals surface area contributed by atoms with Crippen LogP contribution in [0.1, 0.15) is 49.8 Å². The number of nitrogens with zero attached hydrogens (tertiary/aromatic N) is 3. The van der Waals surface area contributed by atoms with Crippen LogP contribution in [-0.4, -0.2) is 0 Å². The van der Waals surface area contributed by atoms with Crippen LogP contribution in [0.15, 0.2) is 102 Å². The van der Waals surface area contributed by atoms with Crippen LogP contribution in [0, 0.1) is 47.8 Å². The van der Waals surface area contributed by atoms with Gasteiger partial charge in [-0.15, -0.1) is 0 Å². The van der Waals surface area contributed by atoms with Gasteiger partial charge in [-0.25, -0.2) is 0 Å². The molecular formula is C35H33N3. The van der Waals surface area contributed by atoms with Crippen LogP contribution in [0.4, 0.5) is 17.1 Å². The van der Waals surface area contributed by atoms with Crippen LogP contribution < -0.4 is 4.90 Å². The lowest BCUT2D eigenvalue weighted by Crippen LogP contribution is -2.31. The number of hydrogen-bond donors (Lipinski definition) is 0. The molecule has 5 rings (SSSR count). The van der Waals surface area contributed by atoms with Gasteiger partial charge >= 0.3 is 0 Å². The zero-order valence-electron chi connectivity index (χ0n) is 22.6. The maximum absolute atomic E-state index is 9.46. The zero-order chi connectivity index (χ0) is 26.9. The number of benzene rings is 3. The van der Waals surface area contributed by atoms with E-state index in [0.717, 1.165) is 41.9 Å². The van der Waals surface area contributed by atoms with Crippen LogP contribution in [0.5, 0.6) is 0 Å². The molecule has 3 heteroatoms. The fraction of sp³-hybridized carbons (Fsp3) is 0.257. The third-order valence-corrected chi connectivity index (χ3v) is 8.00. The first-order valence-electron chi connectivity index (χ1n) is 13.3. The van der Waals surface area contributed by atoms with Gasteiger partial charge in [0, 0.05) is 17.1 Å². The molecule has 0 aromatic heterocycles. The maximum Gasteiger partial charge on any atom is 0.132 e. The molecule has 188 valence electrons. The number of hydrogen-bond acceptors (Lipinski definition) is 3. The molecule has 0 spiro atoms. The molecular weight excluding hydrogens is 462 g/mol. The van der Waals surface area contributed by atoms with E-state index in [4.69, 9.17) is 0 Å².